The smallest absolute Gasteiger partial charge is 0.0952 e. The topological polar surface area (TPSA) is 28.4 Å². The summed E-state index contributed by atoms with van der Waals surface area (Å²) >= 11 is 3.65. The summed E-state index contributed by atoms with van der Waals surface area (Å²) in [6, 6.07) is 8.47. The minimum Gasteiger partial charge on any atom is -0.472 e. The van der Waals surface area contributed by atoms with Crippen molar-refractivity contribution in [1.29, 1.82) is 0 Å². The zero-order chi connectivity index (χ0) is 13.7. The van der Waals surface area contributed by atoms with Crippen LogP contribution < -0.4 is 10.2 Å². The molecule has 0 aliphatic heterocycles. The Labute approximate surface area is 122 Å². The van der Waals surface area contributed by atoms with Gasteiger partial charge < -0.3 is 14.6 Å². The van der Waals surface area contributed by atoms with E-state index in [2.05, 4.69) is 58.3 Å². The summed E-state index contributed by atoms with van der Waals surface area (Å²) < 4.78 is 6.22. The molecule has 0 amide bonds. The number of benzene rings is 1. The highest BCUT2D eigenvalue weighted by Crippen LogP contribution is 2.27. The zero-order valence-electron chi connectivity index (χ0n) is 11.3. The SMILES string of the molecule is CCNCc1ccc(N(C)Cc2ccoc2)c(Br)c1. The summed E-state index contributed by atoms with van der Waals surface area (Å²) in [5.74, 6) is 0. The maximum Gasteiger partial charge on any atom is 0.0952 e. The Morgan fingerprint density at radius 3 is 2.74 bits per heavy atom. The van der Waals surface area contributed by atoms with E-state index in [1.165, 1.54) is 16.8 Å². The number of nitrogens with zero attached hydrogens (tertiary/aromatic N) is 1. The van der Waals surface area contributed by atoms with Crippen molar-refractivity contribution in [3.63, 3.8) is 0 Å². The van der Waals surface area contributed by atoms with Gasteiger partial charge in [-0.25, -0.2) is 0 Å². The Hall–Kier alpha value is -1.26. The molecule has 1 aromatic heterocycles. The van der Waals surface area contributed by atoms with E-state index in [1.807, 2.05) is 6.07 Å². The molecule has 0 fully saturated rings. The van der Waals surface area contributed by atoms with Gasteiger partial charge >= 0.3 is 0 Å². The minimum absolute atomic E-state index is 0.835. The second kappa shape index (κ2) is 6.78. The molecule has 0 saturated carbocycles. The van der Waals surface area contributed by atoms with Crippen LogP contribution in [0.3, 0.4) is 0 Å². The highest BCUT2D eigenvalue weighted by Gasteiger charge is 2.08. The summed E-state index contributed by atoms with van der Waals surface area (Å²) in [7, 11) is 2.08. The maximum absolute atomic E-state index is 5.10. The van der Waals surface area contributed by atoms with Gasteiger partial charge in [0, 0.05) is 30.2 Å². The van der Waals surface area contributed by atoms with E-state index in [0.29, 0.717) is 0 Å². The molecule has 102 valence electrons. The molecule has 0 atom stereocenters. The van der Waals surface area contributed by atoms with Gasteiger partial charge in [-0.15, -0.1) is 0 Å². The summed E-state index contributed by atoms with van der Waals surface area (Å²) in [6.45, 7) is 4.84. The van der Waals surface area contributed by atoms with E-state index < -0.39 is 0 Å². The van der Waals surface area contributed by atoms with Crippen molar-refractivity contribution in [1.82, 2.24) is 5.32 Å². The molecular formula is C15H19BrN2O. The van der Waals surface area contributed by atoms with Crippen LogP contribution in [0.4, 0.5) is 5.69 Å². The normalized spacial score (nSPS) is 10.7. The maximum atomic E-state index is 5.10. The van der Waals surface area contributed by atoms with Crippen molar-refractivity contribution >= 4 is 21.6 Å². The second-order valence-electron chi connectivity index (χ2n) is 4.55. The first-order chi connectivity index (χ1) is 9.20. The summed E-state index contributed by atoms with van der Waals surface area (Å²) in [5, 5.41) is 3.33. The lowest BCUT2D eigenvalue weighted by molar-refractivity contribution is 0.563. The van der Waals surface area contributed by atoms with E-state index in [1.54, 1.807) is 12.5 Å². The highest BCUT2D eigenvalue weighted by atomic mass is 79.9. The molecule has 3 nitrogen and oxygen atoms in total. The third-order valence-electron chi connectivity index (χ3n) is 3.00. The monoisotopic (exact) mass is 322 g/mol. The van der Waals surface area contributed by atoms with Gasteiger partial charge in [-0.3, -0.25) is 0 Å². The Kier molecular flexibility index (Phi) is 5.05. The lowest BCUT2D eigenvalue weighted by Crippen LogP contribution is -2.17. The van der Waals surface area contributed by atoms with Crippen molar-refractivity contribution in [2.24, 2.45) is 0 Å². The van der Waals surface area contributed by atoms with Crippen LogP contribution in [-0.2, 0) is 13.1 Å². The predicted octanol–water partition coefficient (Wildman–Crippen LogP) is 3.79. The molecular weight excluding hydrogens is 304 g/mol. The van der Waals surface area contributed by atoms with Gasteiger partial charge in [0.05, 0.1) is 18.2 Å². The number of furan rings is 1. The van der Waals surface area contributed by atoms with Crippen LogP contribution in [0.5, 0.6) is 0 Å². The Morgan fingerprint density at radius 1 is 1.26 bits per heavy atom. The minimum atomic E-state index is 0.835. The first-order valence-corrected chi connectivity index (χ1v) is 7.21. The Morgan fingerprint density at radius 2 is 2.11 bits per heavy atom. The molecule has 2 rings (SSSR count). The van der Waals surface area contributed by atoms with E-state index >= 15 is 0 Å². The van der Waals surface area contributed by atoms with Gasteiger partial charge in [0.1, 0.15) is 0 Å². The van der Waals surface area contributed by atoms with Crippen LogP contribution in [-0.4, -0.2) is 13.6 Å². The Balaban J connectivity index is 2.07. The average Bonchev–Trinajstić information content (AvgIpc) is 2.89. The number of nitrogens with one attached hydrogen (secondary N) is 1. The molecule has 19 heavy (non-hydrogen) atoms. The van der Waals surface area contributed by atoms with Crippen LogP contribution in [0.25, 0.3) is 0 Å². The summed E-state index contributed by atoms with van der Waals surface area (Å²) in [6.07, 6.45) is 3.49. The molecule has 4 heteroatoms. The molecule has 0 bridgehead atoms. The van der Waals surface area contributed by atoms with Gasteiger partial charge in [-0.05, 0) is 46.2 Å². The van der Waals surface area contributed by atoms with Gasteiger partial charge in [0.25, 0.3) is 0 Å². The molecule has 2 aromatic rings. The molecule has 0 radical (unpaired) electrons. The summed E-state index contributed by atoms with van der Waals surface area (Å²) in [4.78, 5) is 2.20. The predicted molar refractivity (Wildman–Crippen MR) is 82.3 cm³/mol. The number of rotatable bonds is 6. The second-order valence-corrected chi connectivity index (χ2v) is 5.41. The van der Waals surface area contributed by atoms with Crippen molar-refractivity contribution < 1.29 is 4.42 Å². The molecule has 1 N–H and O–H groups in total. The van der Waals surface area contributed by atoms with Crippen molar-refractivity contribution in [3.05, 3.63) is 52.4 Å². The lowest BCUT2D eigenvalue weighted by atomic mass is 10.2. The largest absolute Gasteiger partial charge is 0.472 e. The quantitative estimate of drug-likeness (QED) is 0.877. The average molecular weight is 323 g/mol. The molecule has 0 saturated heterocycles. The number of hydrogen-bond donors (Lipinski definition) is 1. The fraction of sp³-hybridized carbons (Fsp3) is 0.333. The molecule has 0 unspecified atom stereocenters. The molecule has 0 aliphatic rings. The standard InChI is InChI=1S/C15H19BrN2O/c1-3-17-9-12-4-5-15(14(16)8-12)18(2)10-13-6-7-19-11-13/h4-8,11,17H,3,9-10H2,1-2H3. The number of anilines is 1. The number of halogens is 1. The van der Waals surface area contributed by atoms with Gasteiger partial charge in [0.15, 0.2) is 0 Å². The van der Waals surface area contributed by atoms with E-state index in [4.69, 9.17) is 4.42 Å². The van der Waals surface area contributed by atoms with E-state index in [-0.39, 0.29) is 0 Å². The number of hydrogen-bond acceptors (Lipinski definition) is 3. The van der Waals surface area contributed by atoms with Crippen LogP contribution in [0, 0.1) is 0 Å². The van der Waals surface area contributed by atoms with Crippen LogP contribution in [0.15, 0.2) is 45.7 Å². The van der Waals surface area contributed by atoms with E-state index in [0.717, 1.165) is 24.1 Å². The van der Waals surface area contributed by atoms with Gasteiger partial charge in [0.2, 0.25) is 0 Å². The third kappa shape index (κ3) is 3.85. The van der Waals surface area contributed by atoms with Crippen LogP contribution in [0.2, 0.25) is 0 Å². The van der Waals surface area contributed by atoms with Gasteiger partial charge in [-0.1, -0.05) is 13.0 Å². The first-order valence-electron chi connectivity index (χ1n) is 6.42. The fourth-order valence-corrected chi connectivity index (χ4v) is 2.71. The third-order valence-corrected chi connectivity index (χ3v) is 3.64. The molecule has 1 aromatic carbocycles. The molecule has 1 heterocycles. The van der Waals surface area contributed by atoms with E-state index in [9.17, 15) is 0 Å². The van der Waals surface area contributed by atoms with Gasteiger partial charge in [-0.2, -0.15) is 0 Å². The first kappa shape index (κ1) is 14.2. The molecule has 0 spiro atoms. The summed E-state index contributed by atoms with van der Waals surface area (Å²) in [5.41, 5.74) is 3.64. The van der Waals surface area contributed by atoms with Crippen molar-refractivity contribution in [2.75, 3.05) is 18.5 Å². The fourth-order valence-electron chi connectivity index (χ4n) is 1.98. The van der Waals surface area contributed by atoms with Crippen molar-refractivity contribution in [2.45, 2.75) is 20.0 Å². The van der Waals surface area contributed by atoms with Crippen LogP contribution in [0.1, 0.15) is 18.1 Å². The zero-order valence-corrected chi connectivity index (χ0v) is 12.9. The highest BCUT2D eigenvalue weighted by molar-refractivity contribution is 9.10. The molecule has 0 aliphatic carbocycles. The van der Waals surface area contributed by atoms with Crippen molar-refractivity contribution in [3.8, 4) is 0 Å². The lowest BCUT2D eigenvalue weighted by Gasteiger charge is -2.20. The Bertz CT molecular complexity index is 511. The van der Waals surface area contributed by atoms with Crippen LogP contribution >= 0.6 is 15.9 Å².